The fourth-order valence-corrected chi connectivity index (χ4v) is 1.32. The molecule has 0 saturated heterocycles. The molecule has 1 amide bonds. The summed E-state index contributed by atoms with van der Waals surface area (Å²) in [5.74, 6) is -0.188. The lowest BCUT2D eigenvalue weighted by Gasteiger charge is -2.20. The van der Waals surface area contributed by atoms with Crippen molar-refractivity contribution >= 4 is 5.91 Å². The van der Waals surface area contributed by atoms with Crippen molar-refractivity contribution in [1.82, 2.24) is 14.5 Å². The van der Waals surface area contributed by atoms with Gasteiger partial charge >= 0.3 is 0 Å². The van der Waals surface area contributed by atoms with Crippen LogP contribution in [0.25, 0.3) is 0 Å². The van der Waals surface area contributed by atoms with Crippen molar-refractivity contribution in [2.45, 2.75) is 0 Å². The van der Waals surface area contributed by atoms with Gasteiger partial charge in [0.25, 0.3) is 5.91 Å². The maximum absolute atomic E-state index is 11.9. The van der Waals surface area contributed by atoms with Crippen molar-refractivity contribution in [3.8, 4) is 0 Å². The number of rotatable bonds is 6. The SMILES string of the molecule is COCCN(CCO)C(=O)c1cn(C)cn1. The van der Waals surface area contributed by atoms with E-state index in [1.807, 2.05) is 0 Å². The number of aromatic nitrogens is 2. The number of amides is 1. The van der Waals surface area contributed by atoms with Crippen LogP contribution in [0.2, 0.25) is 0 Å². The first kappa shape index (κ1) is 12.7. The number of carbonyl (C=O) groups excluding carboxylic acids is 1. The van der Waals surface area contributed by atoms with Crippen molar-refractivity contribution in [2.24, 2.45) is 7.05 Å². The van der Waals surface area contributed by atoms with Gasteiger partial charge in [0, 0.05) is 33.4 Å². The van der Waals surface area contributed by atoms with E-state index in [-0.39, 0.29) is 12.5 Å². The lowest BCUT2D eigenvalue weighted by Crippen LogP contribution is -2.36. The third-order valence-electron chi connectivity index (χ3n) is 2.15. The minimum absolute atomic E-state index is 0.0672. The molecule has 6 heteroatoms. The van der Waals surface area contributed by atoms with E-state index in [9.17, 15) is 4.79 Å². The number of aliphatic hydroxyl groups is 1. The first-order chi connectivity index (χ1) is 7.69. The number of aryl methyl sites for hydroxylation is 1. The summed E-state index contributed by atoms with van der Waals surface area (Å²) in [6.07, 6.45) is 3.22. The number of ether oxygens (including phenoxy) is 1. The second-order valence-corrected chi connectivity index (χ2v) is 3.43. The molecule has 0 unspecified atom stereocenters. The van der Waals surface area contributed by atoms with E-state index in [1.54, 1.807) is 31.2 Å². The van der Waals surface area contributed by atoms with Crippen LogP contribution in [-0.4, -0.2) is 58.9 Å². The van der Waals surface area contributed by atoms with Crippen LogP contribution in [0.4, 0.5) is 0 Å². The third-order valence-corrected chi connectivity index (χ3v) is 2.15. The van der Waals surface area contributed by atoms with Crippen molar-refractivity contribution in [2.75, 3.05) is 33.4 Å². The second kappa shape index (κ2) is 6.24. The van der Waals surface area contributed by atoms with Crippen LogP contribution in [0.3, 0.4) is 0 Å². The van der Waals surface area contributed by atoms with E-state index in [4.69, 9.17) is 9.84 Å². The van der Waals surface area contributed by atoms with Gasteiger partial charge in [-0.05, 0) is 0 Å². The minimum atomic E-state index is -0.188. The van der Waals surface area contributed by atoms with Crippen LogP contribution < -0.4 is 0 Å². The van der Waals surface area contributed by atoms with Crippen LogP contribution in [0.15, 0.2) is 12.5 Å². The van der Waals surface area contributed by atoms with Crippen molar-refractivity contribution in [1.29, 1.82) is 0 Å². The summed E-state index contributed by atoms with van der Waals surface area (Å²) in [5, 5.41) is 8.88. The highest BCUT2D eigenvalue weighted by Crippen LogP contribution is 2.01. The van der Waals surface area contributed by atoms with Gasteiger partial charge in [-0.1, -0.05) is 0 Å². The summed E-state index contributed by atoms with van der Waals surface area (Å²) >= 11 is 0. The summed E-state index contributed by atoms with van der Waals surface area (Å²) in [7, 11) is 3.37. The topological polar surface area (TPSA) is 67.6 Å². The summed E-state index contributed by atoms with van der Waals surface area (Å²) in [6, 6.07) is 0. The second-order valence-electron chi connectivity index (χ2n) is 3.43. The molecule has 1 aromatic rings. The predicted molar refractivity (Wildman–Crippen MR) is 58.1 cm³/mol. The molecule has 0 spiro atoms. The van der Waals surface area contributed by atoms with Gasteiger partial charge in [0.2, 0.25) is 0 Å². The van der Waals surface area contributed by atoms with Crippen LogP contribution in [0, 0.1) is 0 Å². The Morgan fingerprint density at radius 1 is 1.62 bits per heavy atom. The molecule has 1 heterocycles. The molecule has 1 aromatic heterocycles. The molecule has 0 aromatic carbocycles. The predicted octanol–water partition coefficient (Wildman–Crippen LogP) is -0.499. The Labute approximate surface area is 94.5 Å². The Kier molecular flexibility index (Phi) is 4.94. The standard InChI is InChI=1S/C10H17N3O3/c1-12-7-9(11-8-12)10(15)13(3-5-14)4-6-16-2/h7-8,14H,3-6H2,1-2H3. The molecular weight excluding hydrogens is 210 g/mol. The maximum Gasteiger partial charge on any atom is 0.274 e. The molecule has 1 rings (SSSR count). The van der Waals surface area contributed by atoms with Crippen LogP contribution in [-0.2, 0) is 11.8 Å². The number of nitrogens with zero attached hydrogens (tertiary/aromatic N) is 3. The first-order valence-electron chi connectivity index (χ1n) is 5.06. The zero-order valence-corrected chi connectivity index (χ0v) is 9.59. The zero-order valence-electron chi connectivity index (χ0n) is 9.59. The summed E-state index contributed by atoms with van der Waals surface area (Å²) < 4.78 is 6.62. The molecule has 0 fully saturated rings. The summed E-state index contributed by atoms with van der Waals surface area (Å²) in [6.45, 7) is 1.12. The number of carbonyl (C=O) groups is 1. The molecule has 0 aliphatic carbocycles. The normalized spacial score (nSPS) is 10.4. The monoisotopic (exact) mass is 227 g/mol. The molecular formula is C10H17N3O3. The Balaban J connectivity index is 2.66. The lowest BCUT2D eigenvalue weighted by atomic mass is 10.3. The lowest BCUT2D eigenvalue weighted by molar-refractivity contribution is 0.0651. The third kappa shape index (κ3) is 3.32. The molecule has 90 valence electrons. The maximum atomic E-state index is 11.9. The quantitative estimate of drug-likeness (QED) is 0.711. The van der Waals surface area contributed by atoms with E-state index < -0.39 is 0 Å². The van der Waals surface area contributed by atoms with Gasteiger partial charge < -0.3 is 19.3 Å². The highest BCUT2D eigenvalue weighted by molar-refractivity contribution is 5.92. The number of methoxy groups -OCH3 is 1. The Morgan fingerprint density at radius 3 is 2.88 bits per heavy atom. The van der Waals surface area contributed by atoms with Gasteiger partial charge in [-0.2, -0.15) is 0 Å². The van der Waals surface area contributed by atoms with Crippen LogP contribution in [0.1, 0.15) is 10.5 Å². The van der Waals surface area contributed by atoms with E-state index in [0.29, 0.717) is 25.4 Å². The smallest absolute Gasteiger partial charge is 0.274 e. The van der Waals surface area contributed by atoms with Crippen molar-refractivity contribution in [3.05, 3.63) is 18.2 Å². The molecule has 0 bridgehead atoms. The molecule has 16 heavy (non-hydrogen) atoms. The number of hydrogen-bond donors (Lipinski definition) is 1. The molecule has 1 N–H and O–H groups in total. The zero-order chi connectivity index (χ0) is 12.0. The molecule has 6 nitrogen and oxygen atoms in total. The molecule has 0 aliphatic rings. The van der Waals surface area contributed by atoms with Crippen LogP contribution in [0.5, 0.6) is 0 Å². The fraction of sp³-hybridized carbons (Fsp3) is 0.600. The summed E-state index contributed by atoms with van der Waals surface area (Å²) in [5.41, 5.74) is 0.382. The number of aliphatic hydroxyl groups excluding tert-OH is 1. The average molecular weight is 227 g/mol. The molecule has 0 radical (unpaired) electrons. The first-order valence-corrected chi connectivity index (χ1v) is 5.06. The van der Waals surface area contributed by atoms with Gasteiger partial charge in [-0.25, -0.2) is 4.98 Å². The largest absolute Gasteiger partial charge is 0.395 e. The fourth-order valence-electron chi connectivity index (χ4n) is 1.32. The van der Waals surface area contributed by atoms with E-state index >= 15 is 0 Å². The molecule has 0 saturated carbocycles. The number of hydrogen-bond acceptors (Lipinski definition) is 4. The Morgan fingerprint density at radius 2 is 2.38 bits per heavy atom. The Hall–Kier alpha value is -1.40. The average Bonchev–Trinajstić information content (AvgIpc) is 2.70. The molecule has 0 atom stereocenters. The van der Waals surface area contributed by atoms with E-state index in [0.717, 1.165) is 0 Å². The van der Waals surface area contributed by atoms with Gasteiger partial charge in [-0.3, -0.25) is 4.79 Å². The Bertz CT molecular complexity index is 338. The van der Waals surface area contributed by atoms with Gasteiger partial charge in [0.1, 0.15) is 5.69 Å². The highest BCUT2D eigenvalue weighted by Gasteiger charge is 2.16. The number of imidazole rings is 1. The highest BCUT2D eigenvalue weighted by atomic mass is 16.5. The van der Waals surface area contributed by atoms with E-state index in [1.165, 1.54) is 4.90 Å². The van der Waals surface area contributed by atoms with Gasteiger partial charge in [0.05, 0.1) is 19.5 Å². The van der Waals surface area contributed by atoms with E-state index in [2.05, 4.69) is 4.98 Å². The molecule has 0 aliphatic heterocycles. The van der Waals surface area contributed by atoms with Crippen molar-refractivity contribution in [3.63, 3.8) is 0 Å². The van der Waals surface area contributed by atoms with Crippen LogP contribution >= 0.6 is 0 Å². The summed E-state index contributed by atoms with van der Waals surface area (Å²) in [4.78, 5) is 17.4. The minimum Gasteiger partial charge on any atom is -0.395 e. The van der Waals surface area contributed by atoms with Gasteiger partial charge in [-0.15, -0.1) is 0 Å². The van der Waals surface area contributed by atoms with Gasteiger partial charge in [0.15, 0.2) is 0 Å². The van der Waals surface area contributed by atoms with Crippen molar-refractivity contribution < 1.29 is 14.6 Å².